The van der Waals surface area contributed by atoms with Gasteiger partial charge in [0.25, 0.3) is 0 Å². The van der Waals surface area contributed by atoms with Crippen LogP contribution in [0.25, 0.3) is 98.6 Å². The summed E-state index contributed by atoms with van der Waals surface area (Å²) in [4.78, 5) is 10.3. The monoisotopic (exact) mass is 720 g/mol. The Bertz CT molecular complexity index is 3170. The standard InChI is InChI=1S/C50H32N4S/c1-3-13-37(14-4-1)53-43-20-10-8-18-41(43)51-49(53)35-27-23-33(24-28-35)39-31-32-46-48(40-17-7-12-22-45(40)55-46)47(39)34-25-29-36(30-26-34)50-52-42-19-9-11-21-44(42)54(50)38-15-5-2-6-16-38/h1-32H. The summed E-state index contributed by atoms with van der Waals surface area (Å²) < 4.78 is 7.09. The molecule has 0 aliphatic rings. The summed E-state index contributed by atoms with van der Waals surface area (Å²) in [6.45, 7) is 0. The van der Waals surface area contributed by atoms with E-state index in [0.29, 0.717) is 0 Å². The van der Waals surface area contributed by atoms with E-state index in [9.17, 15) is 0 Å². The van der Waals surface area contributed by atoms with Gasteiger partial charge in [0.05, 0.1) is 22.1 Å². The predicted molar refractivity (Wildman–Crippen MR) is 230 cm³/mol. The molecule has 0 saturated heterocycles. The van der Waals surface area contributed by atoms with E-state index in [2.05, 4.69) is 203 Å². The smallest absolute Gasteiger partial charge is 0.145 e. The number of fused-ring (bicyclic) bond motifs is 5. The summed E-state index contributed by atoms with van der Waals surface area (Å²) in [6.07, 6.45) is 0. The molecule has 4 nitrogen and oxygen atoms in total. The molecular weight excluding hydrogens is 689 g/mol. The summed E-state index contributed by atoms with van der Waals surface area (Å²) >= 11 is 1.85. The van der Waals surface area contributed by atoms with Crippen LogP contribution in [-0.4, -0.2) is 19.1 Å². The molecule has 3 heterocycles. The quantitative estimate of drug-likeness (QED) is 0.171. The van der Waals surface area contributed by atoms with Crippen LogP contribution in [0.15, 0.2) is 194 Å². The van der Waals surface area contributed by atoms with Gasteiger partial charge in [-0.1, -0.05) is 133 Å². The minimum absolute atomic E-state index is 0.926. The van der Waals surface area contributed by atoms with E-state index in [0.717, 1.165) is 61.8 Å². The lowest BCUT2D eigenvalue weighted by Gasteiger charge is -2.15. The fourth-order valence-electron chi connectivity index (χ4n) is 8.06. The third kappa shape index (κ3) is 5.20. The van der Waals surface area contributed by atoms with Crippen LogP contribution in [0.5, 0.6) is 0 Å². The molecule has 8 aromatic carbocycles. The summed E-state index contributed by atoms with van der Waals surface area (Å²) in [5.41, 5.74) is 13.2. The number of benzene rings is 8. The van der Waals surface area contributed by atoms with Crippen molar-refractivity contribution in [1.29, 1.82) is 0 Å². The Labute approximate surface area is 321 Å². The second kappa shape index (κ2) is 12.8. The van der Waals surface area contributed by atoms with Crippen molar-refractivity contribution in [3.05, 3.63) is 194 Å². The largest absolute Gasteiger partial charge is 0.292 e. The lowest BCUT2D eigenvalue weighted by molar-refractivity contribution is 1.10. The van der Waals surface area contributed by atoms with Crippen LogP contribution < -0.4 is 0 Å². The first-order chi connectivity index (χ1) is 27.3. The van der Waals surface area contributed by atoms with E-state index in [1.54, 1.807) is 0 Å². The lowest BCUT2D eigenvalue weighted by Crippen LogP contribution is -1.97. The second-order valence-electron chi connectivity index (χ2n) is 13.8. The number of nitrogens with zero attached hydrogens (tertiary/aromatic N) is 4. The van der Waals surface area contributed by atoms with Crippen LogP contribution in [0.4, 0.5) is 0 Å². The highest BCUT2D eigenvalue weighted by Crippen LogP contribution is 2.45. The van der Waals surface area contributed by atoms with Gasteiger partial charge in [-0.15, -0.1) is 11.3 Å². The van der Waals surface area contributed by atoms with Crippen molar-refractivity contribution >= 4 is 53.6 Å². The molecule has 0 aliphatic carbocycles. The first-order valence-corrected chi connectivity index (χ1v) is 19.3. The zero-order valence-corrected chi connectivity index (χ0v) is 30.5. The first-order valence-electron chi connectivity index (χ1n) is 18.5. The van der Waals surface area contributed by atoms with Gasteiger partial charge in [-0.25, -0.2) is 9.97 Å². The third-order valence-electron chi connectivity index (χ3n) is 10.6. The van der Waals surface area contributed by atoms with Crippen LogP contribution in [0.1, 0.15) is 0 Å². The molecule has 0 spiro atoms. The number of aromatic nitrogens is 4. The van der Waals surface area contributed by atoms with Crippen molar-refractivity contribution in [3.8, 4) is 56.4 Å². The molecule has 55 heavy (non-hydrogen) atoms. The molecular formula is C50H32N4S. The highest BCUT2D eigenvalue weighted by molar-refractivity contribution is 7.26. The van der Waals surface area contributed by atoms with Crippen LogP contribution >= 0.6 is 11.3 Å². The molecule has 0 atom stereocenters. The van der Waals surface area contributed by atoms with E-state index in [1.807, 2.05) is 11.3 Å². The molecule has 5 heteroatoms. The van der Waals surface area contributed by atoms with Crippen LogP contribution in [0.3, 0.4) is 0 Å². The maximum absolute atomic E-state index is 5.14. The van der Waals surface area contributed by atoms with Gasteiger partial charge in [0.15, 0.2) is 0 Å². The number of hydrogen-bond donors (Lipinski definition) is 0. The van der Waals surface area contributed by atoms with E-state index in [4.69, 9.17) is 9.97 Å². The maximum Gasteiger partial charge on any atom is 0.145 e. The van der Waals surface area contributed by atoms with Crippen molar-refractivity contribution in [2.75, 3.05) is 0 Å². The fraction of sp³-hybridized carbons (Fsp3) is 0. The highest BCUT2D eigenvalue weighted by atomic mass is 32.1. The molecule has 0 radical (unpaired) electrons. The summed E-state index contributed by atoms with van der Waals surface area (Å²) in [5, 5.41) is 2.57. The number of hydrogen-bond acceptors (Lipinski definition) is 3. The zero-order chi connectivity index (χ0) is 36.3. The van der Waals surface area contributed by atoms with Gasteiger partial charge in [0, 0.05) is 42.7 Å². The van der Waals surface area contributed by atoms with E-state index in [1.165, 1.54) is 36.9 Å². The van der Waals surface area contributed by atoms with E-state index >= 15 is 0 Å². The Balaban J connectivity index is 1.06. The SMILES string of the molecule is c1ccc(-n2c(-c3ccc(-c4ccc5sc6ccccc6c5c4-c4ccc(-c5nc6ccccc6n5-c5ccccc5)cc4)cc3)nc3ccccc32)cc1. The molecule has 0 N–H and O–H groups in total. The van der Waals surface area contributed by atoms with Gasteiger partial charge in [-0.2, -0.15) is 0 Å². The molecule has 0 aliphatic heterocycles. The van der Waals surface area contributed by atoms with E-state index < -0.39 is 0 Å². The molecule has 0 amide bonds. The first kappa shape index (κ1) is 31.4. The zero-order valence-electron chi connectivity index (χ0n) is 29.7. The molecule has 11 rings (SSSR count). The topological polar surface area (TPSA) is 35.6 Å². The minimum atomic E-state index is 0.926. The summed E-state index contributed by atoms with van der Waals surface area (Å²) in [6, 6.07) is 69.0. The number of para-hydroxylation sites is 6. The minimum Gasteiger partial charge on any atom is -0.292 e. The molecule has 3 aromatic heterocycles. The number of thiophene rings is 1. The summed E-state index contributed by atoms with van der Waals surface area (Å²) in [7, 11) is 0. The predicted octanol–water partition coefficient (Wildman–Crippen LogP) is 13.4. The van der Waals surface area contributed by atoms with Crippen molar-refractivity contribution in [1.82, 2.24) is 19.1 Å². The maximum atomic E-state index is 5.14. The Hall–Kier alpha value is -7.08. The molecule has 0 bridgehead atoms. The number of rotatable bonds is 6. The average Bonchev–Trinajstić information content (AvgIpc) is 3.96. The molecule has 0 unspecified atom stereocenters. The lowest BCUT2D eigenvalue weighted by atomic mass is 9.90. The molecule has 0 saturated carbocycles. The Kier molecular flexibility index (Phi) is 7.32. The second-order valence-corrected chi connectivity index (χ2v) is 14.9. The van der Waals surface area contributed by atoms with Gasteiger partial charge >= 0.3 is 0 Å². The molecule has 11 aromatic rings. The molecule has 0 fully saturated rings. The average molecular weight is 721 g/mol. The van der Waals surface area contributed by atoms with Crippen LogP contribution in [0.2, 0.25) is 0 Å². The Morgan fingerprint density at radius 3 is 1.42 bits per heavy atom. The highest BCUT2D eigenvalue weighted by Gasteiger charge is 2.20. The van der Waals surface area contributed by atoms with Crippen molar-refractivity contribution in [3.63, 3.8) is 0 Å². The van der Waals surface area contributed by atoms with Crippen molar-refractivity contribution in [2.45, 2.75) is 0 Å². The van der Waals surface area contributed by atoms with Crippen LogP contribution in [-0.2, 0) is 0 Å². The fourth-order valence-corrected chi connectivity index (χ4v) is 9.17. The Morgan fingerprint density at radius 2 is 0.836 bits per heavy atom. The van der Waals surface area contributed by atoms with Gasteiger partial charge in [0.2, 0.25) is 0 Å². The van der Waals surface area contributed by atoms with Gasteiger partial charge in [0.1, 0.15) is 11.6 Å². The number of imidazole rings is 2. The van der Waals surface area contributed by atoms with Gasteiger partial charge in [-0.05, 0) is 82.9 Å². The Morgan fingerprint density at radius 1 is 0.364 bits per heavy atom. The van der Waals surface area contributed by atoms with Crippen molar-refractivity contribution in [2.24, 2.45) is 0 Å². The van der Waals surface area contributed by atoms with Crippen LogP contribution in [0, 0.1) is 0 Å². The normalized spacial score (nSPS) is 11.6. The third-order valence-corrected chi connectivity index (χ3v) is 11.7. The van der Waals surface area contributed by atoms with Crippen molar-refractivity contribution < 1.29 is 0 Å². The van der Waals surface area contributed by atoms with Gasteiger partial charge in [-0.3, -0.25) is 9.13 Å². The van der Waals surface area contributed by atoms with E-state index in [-0.39, 0.29) is 0 Å². The molecule has 258 valence electrons. The van der Waals surface area contributed by atoms with Gasteiger partial charge < -0.3 is 0 Å². The summed E-state index contributed by atoms with van der Waals surface area (Å²) in [5.74, 6) is 1.85.